The Morgan fingerprint density at radius 3 is 2.48 bits per heavy atom. The molecular formula is C10H16N2O8S. The normalized spacial score (nSPS) is 25.4. The molecule has 1 aliphatic rings. The molecule has 1 aliphatic heterocycles. The van der Waals surface area contributed by atoms with Gasteiger partial charge in [-0.2, -0.15) is 23.3 Å². The van der Waals surface area contributed by atoms with E-state index in [0.29, 0.717) is 0 Å². The van der Waals surface area contributed by atoms with Crippen LogP contribution < -0.4 is 10.6 Å². The third-order valence-electron chi connectivity index (χ3n) is 2.30. The summed E-state index contributed by atoms with van der Waals surface area (Å²) in [6, 6.07) is 0. The molecule has 0 saturated heterocycles. The lowest BCUT2D eigenvalue weighted by molar-refractivity contribution is -0.163. The second-order valence-corrected chi connectivity index (χ2v) is 5.36. The number of hydrogen-bond donors (Lipinski definition) is 2. The van der Waals surface area contributed by atoms with Crippen molar-refractivity contribution < 1.29 is 36.5 Å². The number of nitrogens with one attached hydrogen (secondary N) is 1. The van der Waals surface area contributed by atoms with Gasteiger partial charge in [0.05, 0.1) is 0 Å². The van der Waals surface area contributed by atoms with Gasteiger partial charge in [-0.25, -0.2) is 0 Å². The molecule has 0 aromatic rings. The lowest BCUT2D eigenvalue weighted by Gasteiger charge is -2.31. The first kappa shape index (κ1) is 17.5. The maximum Gasteiger partial charge on any atom is 0.354 e. The first-order valence-corrected chi connectivity index (χ1v) is 7.19. The van der Waals surface area contributed by atoms with Gasteiger partial charge in [0.1, 0.15) is 25.0 Å². The van der Waals surface area contributed by atoms with Crippen LogP contribution in [0.1, 0.15) is 13.8 Å². The molecule has 1 unspecified atom stereocenters. The average molecular weight is 324 g/mol. The van der Waals surface area contributed by atoms with E-state index < -0.39 is 40.7 Å². The maximum atomic E-state index is 11.2. The van der Waals surface area contributed by atoms with E-state index in [0.717, 1.165) is 0 Å². The molecule has 21 heavy (non-hydrogen) atoms. The Kier molecular flexibility index (Phi) is 6.23. The van der Waals surface area contributed by atoms with Gasteiger partial charge >= 0.3 is 22.2 Å². The maximum absolute atomic E-state index is 11.2. The number of carbonyl (C=O) groups excluding carboxylic acids is 2. The first-order chi connectivity index (χ1) is 9.73. The van der Waals surface area contributed by atoms with Crippen LogP contribution in [0.25, 0.3) is 0 Å². The van der Waals surface area contributed by atoms with Gasteiger partial charge in [-0.1, -0.05) is 0 Å². The number of ether oxygens (including phenoxy) is 3. The molecular weight excluding hydrogens is 308 g/mol. The van der Waals surface area contributed by atoms with Crippen molar-refractivity contribution in [1.29, 1.82) is 0 Å². The summed E-state index contributed by atoms with van der Waals surface area (Å²) in [5, 5.41) is 0. The van der Waals surface area contributed by atoms with Gasteiger partial charge in [-0.05, 0) is 12.2 Å². The minimum atomic E-state index is -4.18. The molecule has 0 aromatic heterocycles. The van der Waals surface area contributed by atoms with Crippen molar-refractivity contribution in [2.75, 3.05) is 6.61 Å². The summed E-state index contributed by atoms with van der Waals surface area (Å²) in [6.07, 6.45) is -0.0994. The monoisotopic (exact) mass is 324 g/mol. The van der Waals surface area contributed by atoms with Crippen molar-refractivity contribution in [3.05, 3.63) is 12.2 Å². The van der Waals surface area contributed by atoms with E-state index in [2.05, 4.69) is 10.2 Å². The second-order valence-electron chi connectivity index (χ2n) is 4.02. The topological polar surface area (TPSA) is 143 Å². The summed E-state index contributed by atoms with van der Waals surface area (Å²) in [4.78, 5) is 21.8. The van der Waals surface area contributed by atoms with E-state index >= 15 is 0 Å². The highest BCUT2D eigenvalue weighted by Crippen LogP contribution is 2.16. The molecule has 10 nitrogen and oxygen atoms in total. The van der Waals surface area contributed by atoms with E-state index in [1.165, 1.54) is 26.0 Å². The van der Waals surface area contributed by atoms with Crippen molar-refractivity contribution in [2.24, 2.45) is 5.90 Å². The van der Waals surface area contributed by atoms with Gasteiger partial charge in [0.25, 0.3) is 0 Å². The van der Waals surface area contributed by atoms with Crippen LogP contribution in [0.4, 0.5) is 0 Å². The lowest BCUT2D eigenvalue weighted by Crippen LogP contribution is -2.47. The summed E-state index contributed by atoms with van der Waals surface area (Å²) >= 11 is 0. The fourth-order valence-corrected chi connectivity index (χ4v) is 2.00. The number of nitrogens with two attached hydrogens (primary N) is 1. The van der Waals surface area contributed by atoms with Crippen LogP contribution in [-0.2, 0) is 38.4 Å². The molecule has 120 valence electrons. The van der Waals surface area contributed by atoms with Crippen LogP contribution in [0.15, 0.2) is 12.2 Å². The molecule has 3 atom stereocenters. The smallest absolute Gasteiger partial charge is 0.354 e. The van der Waals surface area contributed by atoms with E-state index in [9.17, 15) is 18.0 Å². The molecule has 0 radical (unpaired) electrons. The third kappa shape index (κ3) is 6.18. The fourth-order valence-electron chi connectivity index (χ4n) is 1.52. The SMILES string of the molecule is CC(=O)OC[C@H]1OC(NS(=O)(=O)ON)C=C[C@H]1OC(C)=O. The number of carbonyl (C=O) groups is 2. The third-order valence-corrected chi connectivity index (χ3v) is 3.08. The molecule has 3 N–H and O–H groups in total. The predicted octanol–water partition coefficient (Wildman–Crippen LogP) is -1.51. The molecule has 0 amide bonds. The minimum absolute atomic E-state index is 0.223. The van der Waals surface area contributed by atoms with E-state index in [1.54, 1.807) is 0 Å². The van der Waals surface area contributed by atoms with E-state index in [-0.39, 0.29) is 6.61 Å². The summed E-state index contributed by atoms with van der Waals surface area (Å²) in [7, 11) is -4.18. The van der Waals surface area contributed by atoms with Crippen molar-refractivity contribution in [3.63, 3.8) is 0 Å². The van der Waals surface area contributed by atoms with E-state index in [1.807, 2.05) is 4.72 Å². The van der Waals surface area contributed by atoms with Crippen LogP contribution in [0.3, 0.4) is 0 Å². The second kappa shape index (κ2) is 7.47. The molecule has 0 aliphatic carbocycles. The molecule has 0 fully saturated rings. The summed E-state index contributed by atoms with van der Waals surface area (Å²) in [5.74, 6) is 3.46. The molecule has 11 heteroatoms. The molecule has 1 rings (SSSR count). The van der Waals surface area contributed by atoms with Gasteiger partial charge < -0.3 is 14.2 Å². The lowest BCUT2D eigenvalue weighted by atomic mass is 10.1. The van der Waals surface area contributed by atoms with Gasteiger partial charge in [0, 0.05) is 13.8 Å². The number of hydrogen-bond acceptors (Lipinski definition) is 9. The Morgan fingerprint density at radius 1 is 1.29 bits per heavy atom. The molecule has 1 heterocycles. The van der Waals surface area contributed by atoms with Crippen LogP contribution in [0.5, 0.6) is 0 Å². The molecule has 0 bridgehead atoms. The molecule has 0 saturated carbocycles. The number of rotatable bonds is 6. The summed E-state index contributed by atoms with van der Waals surface area (Å²) in [6.45, 7) is 2.18. The largest absolute Gasteiger partial charge is 0.463 e. The summed E-state index contributed by atoms with van der Waals surface area (Å²) < 4.78 is 43.1. The Balaban J connectivity index is 2.77. The molecule has 0 aromatic carbocycles. The van der Waals surface area contributed by atoms with Gasteiger partial charge in [0.15, 0.2) is 0 Å². The zero-order chi connectivity index (χ0) is 16.0. The highest BCUT2D eigenvalue weighted by Gasteiger charge is 2.32. The summed E-state index contributed by atoms with van der Waals surface area (Å²) in [5.41, 5.74) is 0. The van der Waals surface area contributed by atoms with Crippen LogP contribution in [0.2, 0.25) is 0 Å². The molecule has 0 spiro atoms. The highest BCUT2D eigenvalue weighted by atomic mass is 32.2. The van der Waals surface area contributed by atoms with Crippen LogP contribution >= 0.6 is 0 Å². The van der Waals surface area contributed by atoms with Gasteiger partial charge in [0.2, 0.25) is 0 Å². The highest BCUT2D eigenvalue weighted by molar-refractivity contribution is 7.84. The quantitative estimate of drug-likeness (QED) is 0.338. The number of esters is 2. The standard InChI is InChI=1S/C10H16N2O8S/c1-6(13)17-5-9-8(18-7(2)14)3-4-10(19-9)12-21(15,16)20-11/h3-4,8-10,12H,5,11H2,1-2H3/t8-,9-,10?/m1/s1. The van der Waals surface area contributed by atoms with Gasteiger partial charge in [-0.3, -0.25) is 9.59 Å². The average Bonchev–Trinajstić information content (AvgIpc) is 2.38. The fraction of sp³-hybridized carbons (Fsp3) is 0.600. The minimum Gasteiger partial charge on any atom is -0.463 e. The van der Waals surface area contributed by atoms with Crippen molar-refractivity contribution in [2.45, 2.75) is 32.3 Å². The zero-order valence-electron chi connectivity index (χ0n) is 11.3. The Bertz CT molecular complexity index is 517. The Morgan fingerprint density at radius 2 is 1.95 bits per heavy atom. The van der Waals surface area contributed by atoms with Crippen molar-refractivity contribution >= 4 is 22.2 Å². The van der Waals surface area contributed by atoms with Crippen LogP contribution in [0, 0.1) is 0 Å². The van der Waals surface area contributed by atoms with Crippen LogP contribution in [-0.4, -0.2) is 45.4 Å². The predicted molar refractivity (Wildman–Crippen MR) is 67.3 cm³/mol. The van der Waals surface area contributed by atoms with Crippen molar-refractivity contribution in [3.8, 4) is 0 Å². The first-order valence-electron chi connectivity index (χ1n) is 5.78. The van der Waals surface area contributed by atoms with E-state index in [4.69, 9.17) is 14.2 Å². The van der Waals surface area contributed by atoms with Gasteiger partial charge in [-0.15, -0.1) is 0 Å². The van der Waals surface area contributed by atoms with Crippen molar-refractivity contribution in [1.82, 2.24) is 4.72 Å². The Hall–Kier alpha value is -1.53. The zero-order valence-corrected chi connectivity index (χ0v) is 12.2. The Labute approximate surface area is 121 Å².